The van der Waals surface area contributed by atoms with Crippen LogP contribution in [0.25, 0.3) is 88.6 Å². The summed E-state index contributed by atoms with van der Waals surface area (Å²) in [6.07, 6.45) is 6.63. The van der Waals surface area contributed by atoms with Gasteiger partial charge in [0.05, 0.1) is 5.58 Å². The van der Waals surface area contributed by atoms with Crippen molar-refractivity contribution in [2.24, 2.45) is 5.41 Å². The average Bonchev–Trinajstić information content (AvgIpc) is 3.93. The summed E-state index contributed by atoms with van der Waals surface area (Å²) in [5.74, 6) is -0.657. The van der Waals surface area contributed by atoms with E-state index < -0.39 is 37.6 Å². The minimum absolute atomic E-state index is 0. The molecule has 4 nitrogen and oxygen atoms in total. The monoisotopic (exact) mass is 1090 g/mol. The quantitative estimate of drug-likeness (QED) is 0.142. The molecule has 0 amide bonds. The fourth-order valence-corrected chi connectivity index (χ4v) is 9.85. The van der Waals surface area contributed by atoms with Crippen LogP contribution in [0.4, 0.5) is 0 Å². The van der Waals surface area contributed by atoms with Crippen molar-refractivity contribution < 1.29 is 43.9 Å². The summed E-state index contributed by atoms with van der Waals surface area (Å²) < 4.78 is 98.9. The molecule has 0 spiro atoms. The summed E-state index contributed by atoms with van der Waals surface area (Å²) in [4.78, 5) is 9.42. The predicted octanol–water partition coefficient (Wildman–Crippen LogP) is 17.8. The molecular weight excluding hydrogens is 1020 g/mol. The maximum atomic E-state index is 9.41. The Hall–Kier alpha value is -6.61. The van der Waals surface area contributed by atoms with Gasteiger partial charge in [0, 0.05) is 43.0 Å². The first kappa shape index (κ1) is 35.5. The molecule has 10 aromatic rings. The van der Waals surface area contributed by atoms with Crippen LogP contribution in [-0.2, 0) is 21.1 Å². The van der Waals surface area contributed by atoms with Crippen LogP contribution in [0.1, 0.15) is 98.1 Å². The van der Waals surface area contributed by atoms with Crippen molar-refractivity contribution in [3.63, 3.8) is 0 Å². The second-order valence-corrected chi connectivity index (χ2v) is 19.1. The maximum Gasteiger partial charge on any atom is 2.00 e. The van der Waals surface area contributed by atoms with Gasteiger partial charge < -0.3 is 19.1 Å². The van der Waals surface area contributed by atoms with E-state index in [9.17, 15) is 1.37 Å². The second kappa shape index (κ2) is 18.4. The maximum absolute atomic E-state index is 9.41. The molecular formula is C64H56N2O2Pt. The van der Waals surface area contributed by atoms with Gasteiger partial charge in [0.2, 0.25) is 0 Å². The van der Waals surface area contributed by atoms with Gasteiger partial charge in [0.25, 0.3) is 0 Å². The number of hydrogen-bond donors (Lipinski definition) is 0. The molecule has 0 saturated heterocycles. The molecule has 5 heteroatoms. The molecule has 3 heterocycles. The molecule has 0 radical (unpaired) electrons. The topological polar surface area (TPSA) is 48.2 Å². The molecule has 3 aromatic heterocycles. The van der Waals surface area contributed by atoms with E-state index in [-0.39, 0.29) is 60.4 Å². The first-order valence-corrected chi connectivity index (χ1v) is 23.2. The van der Waals surface area contributed by atoms with Gasteiger partial charge in [-0.05, 0) is 161 Å². The summed E-state index contributed by atoms with van der Waals surface area (Å²) in [6.45, 7) is 2.49. The van der Waals surface area contributed by atoms with E-state index in [0.29, 0.717) is 33.4 Å². The Morgan fingerprint density at radius 1 is 0.623 bits per heavy atom. The van der Waals surface area contributed by atoms with Crippen molar-refractivity contribution in [1.82, 2.24) is 9.97 Å². The van der Waals surface area contributed by atoms with E-state index in [1.165, 1.54) is 6.07 Å². The number of fused-ring (bicyclic) bond motifs is 4. The summed E-state index contributed by atoms with van der Waals surface area (Å²) in [7, 11) is 0. The number of rotatable bonds is 8. The molecule has 11 rings (SSSR count). The normalized spacial score (nSPS) is 16.9. The fourth-order valence-electron chi connectivity index (χ4n) is 9.85. The molecule has 1 aliphatic carbocycles. The number of hydrogen-bond acceptors (Lipinski definition) is 4. The third-order valence-corrected chi connectivity index (χ3v) is 13.9. The fraction of sp³-hybridized carbons (Fsp3) is 0.219. The van der Waals surface area contributed by atoms with Gasteiger partial charge >= 0.3 is 21.1 Å². The number of aryl methyl sites for hydroxylation is 5. The van der Waals surface area contributed by atoms with Gasteiger partial charge in [-0.1, -0.05) is 170 Å². The summed E-state index contributed by atoms with van der Waals surface area (Å²) in [5, 5.41) is 3.39. The smallest absolute Gasteiger partial charge is 0.501 e. The molecule has 344 valence electrons. The molecule has 1 aliphatic rings. The van der Waals surface area contributed by atoms with Crippen LogP contribution in [0.5, 0.6) is 11.5 Å². The average molecular weight is 1090 g/mol. The Balaban J connectivity index is 0.00000704. The van der Waals surface area contributed by atoms with Gasteiger partial charge in [0.15, 0.2) is 0 Å². The molecule has 0 atom stereocenters. The van der Waals surface area contributed by atoms with E-state index in [4.69, 9.17) is 26.5 Å². The number of furan rings is 1. The van der Waals surface area contributed by atoms with Crippen molar-refractivity contribution >= 4 is 32.7 Å². The Bertz CT molecular complexity index is 4000. The second-order valence-electron chi connectivity index (χ2n) is 19.1. The SMILES string of the molecule is [2H]C([2H])([2H])c1cnc(-c2[c-]c(Oc3[c-]c(-c4cc(-c5ccc(-c6ccc(C7([2H])CCC(C)(C)CC7)cc6C)cc5C)c(C)cn4)c4oc5cc6ccccc6cc5c4c3)c(C([2H])([2H])[2H])c(-c3ccccc3)c2)cc1C([2H])([2H])[2H].[Pt+2]. The first-order chi connectivity index (χ1) is 36.8. The number of ether oxygens (including phenoxy) is 1. The molecule has 0 bridgehead atoms. The van der Waals surface area contributed by atoms with Crippen molar-refractivity contribution in [3.8, 4) is 67.4 Å². The Kier molecular flexibility index (Phi) is 9.45. The van der Waals surface area contributed by atoms with E-state index in [1.54, 1.807) is 36.4 Å². The minimum atomic E-state index is -2.82. The number of benzene rings is 7. The zero-order valence-corrected chi connectivity index (χ0v) is 41.4. The molecule has 1 fully saturated rings. The van der Waals surface area contributed by atoms with Crippen LogP contribution in [0, 0.1) is 58.9 Å². The summed E-state index contributed by atoms with van der Waals surface area (Å²) in [6, 6.07) is 47.0. The van der Waals surface area contributed by atoms with Gasteiger partial charge in [-0.25, -0.2) is 0 Å². The predicted molar refractivity (Wildman–Crippen MR) is 282 cm³/mol. The number of aromatic nitrogens is 2. The Morgan fingerprint density at radius 2 is 1.35 bits per heavy atom. The third kappa shape index (κ3) is 8.85. The molecule has 7 aromatic carbocycles. The molecule has 1 saturated carbocycles. The van der Waals surface area contributed by atoms with Crippen LogP contribution < -0.4 is 4.74 Å². The third-order valence-electron chi connectivity index (χ3n) is 13.9. The van der Waals surface area contributed by atoms with Gasteiger partial charge in [-0.2, -0.15) is 0 Å². The van der Waals surface area contributed by atoms with Gasteiger partial charge in [-0.15, -0.1) is 11.6 Å². The Labute approximate surface area is 435 Å². The van der Waals surface area contributed by atoms with Gasteiger partial charge in [-0.3, -0.25) is 0 Å². The van der Waals surface area contributed by atoms with Crippen LogP contribution >= 0.6 is 0 Å². The summed E-state index contributed by atoms with van der Waals surface area (Å²) in [5.41, 5.74) is 10.7. The zero-order chi connectivity index (χ0) is 55.3. The minimum Gasteiger partial charge on any atom is -0.501 e. The standard InChI is InChI=1S/C64H56N2O2.Pt/c1-38-28-59(65-36-41(38)4)50-30-55(45-14-10-9-11-15-45)43(6)61(32-50)67-51-33-57-56-29-46-16-12-13-17-47(46)31-62(56)68-63(57)58(34-51)60-35-54(42(5)37-66-60)53-21-19-49(27-40(53)3)52-20-18-48(26-39(52)2)44-22-24-64(7,8)25-23-44;/h9-21,26-31,33,35-37,44H,22-25H2,1-8H3;/q-2;+2/i1D3,4D3,6D3,44D;. The van der Waals surface area contributed by atoms with Crippen molar-refractivity contribution in [2.75, 3.05) is 0 Å². The number of pyridine rings is 2. The number of nitrogens with zero attached hydrogens (tertiary/aromatic N) is 2. The van der Waals surface area contributed by atoms with E-state index in [2.05, 4.69) is 81.2 Å². The van der Waals surface area contributed by atoms with E-state index >= 15 is 0 Å². The Morgan fingerprint density at radius 3 is 2.10 bits per heavy atom. The van der Waals surface area contributed by atoms with E-state index in [1.807, 2.05) is 61.7 Å². The van der Waals surface area contributed by atoms with Crippen LogP contribution in [0.15, 0.2) is 144 Å². The van der Waals surface area contributed by atoms with Crippen molar-refractivity contribution in [1.29, 1.82) is 0 Å². The molecule has 0 N–H and O–H groups in total. The first-order valence-electron chi connectivity index (χ1n) is 28.2. The largest absolute Gasteiger partial charge is 2.00 e. The van der Waals surface area contributed by atoms with Crippen LogP contribution in [0.3, 0.4) is 0 Å². The van der Waals surface area contributed by atoms with E-state index in [0.717, 1.165) is 92.5 Å². The van der Waals surface area contributed by atoms with Crippen LogP contribution in [0.2, 0.25) is 0 Å². The molecule has 0 unspecified atom stereocenters. The zero-order valence-electron chi connectivity index (χ0n) is 49.1. The summed E-state index contributed by atoms with van der Waals surface area (Å²) >= 11 is 0. The van der Waals surface area contributed by atoms with Crippen molar-refractivity contribution in [3.05, 3.63) is 191 Å². The van der Waals surface area contributed by atoms with Crippen molar-refractivity contribution in [2.45, 2.75) is 86.8 Å². The van der Waals surface area contributed by atoms with Gasteiger partial charge in [0.1, 0.15) is 5.58 Å². The van der Waals surface area contributed by atoms with Crippen LogP contribution in [-0.4, -0.2) is 9.97 Å². The molecule has 69 heavy (non-hydrogen) atoms. The molecule has 0 aliphatic heterocycles.